The van der Waals surface area contributed by atoms with Crippen LogP contribution in [0.15, 0.2) is 18.2 Å². The quantitative estimate of drug-likeness (QED) is 0.366. The lowest BCUT2D eigenvalue weighted by atomic mass is 10.1. The predicted molar refractivity (Wildman–Crippen MR) is 87.5 cm³/mol. The van der Waals surface area contributed by atoms with Crippen molar-refractivity contribution in [2.45, 2.75) is 51.9 Å². The molecule has 0 bridgehead atoms. The number of benzene rings is 1. The average Bonchev–Trinajstić information content (AvgIpc) is 2.49. The van der Waals surface area contributed by atoms with E-state index in [1.165, 1.54) is 38.5 Å². The topological polar surface area (TPSA) is 68.3 Å². The molecule has 118 valence electrons. The zero-order valence-corrected chi connectivity index (χ0v) is 13.3. The summed E-state index contributed by atoms with van der Waals surface area (Å²) in [7, 11) is 1.60. The summed E-state index contributed by atoms with van der Waals surface area (Å²) in [5, 5.41) is 7.42. The predicted octanol–water partition coefficient (Wildman–Crippen LogP) is 4.11. The molecule has 0 aromatic heterocycles. The van der Waals surface area contributed by atoms with Crippen molar-refractivity contribution < 1.29 is 9.47 Å². The van der Waals surface area contributed by atoms with Crippen LogP contribution in [0.1, 0.15) is 57.4 Å². The lowest BCUT2D eigenvalue weighted by Gasteiger charge is -2.11. The highest BCUT2D eigenvalue weighted by Crippen LogP contribution is 2.28. The van der Waals surface area contributed by atoms with E-state index in [1.807, 2.05) is 6.07 Å². The minimum atomic E-state index is 0.0342. The molecule has 0 unspecified atom stereocenters. The number of hydrogen-bond acceptors (Lipinski definition) is 3. The van der Waals surface area contributed by atoms with E-state index in [-0.39, 0.29) is 5.84 Å². The van der Waals surface area contributed by atoms with Gasteiger partial charge >= 0.3 is 0 Å². The van der Waals surface area contributed by atoms with Crippen LogP contribution in [-0.4, -0.2) is 19.6 Å². The molecule has 0 saturated carbocycles. The van der Waals surface area contributed by atoms with Crippen LogP contribution in [0.5, 0.6) is 11.5 Å². The van der Waals surface area contributed by atoms with Crippen molar-refractivity contribution in [3.8, 4) is 11.5 Å². The molecule has 3 N–H and O–H groups in total. The highest BCUT2D eigenvalue weighted by atomic mass is 16.5. The molecule has 0 heterocycles. The van der Waals surface area contributed by atoms with Crippen LogP contribution in [-0.2, 0) is 0 Å². The van der Waals surface area contributed by atoms with Crippen LogP contribution >= 0.6 is 0 Å². The maximum Gasteiger partial charge on any atom is 0.161 e. The van der Waals surface area contributed by atoms with Crippen LogP contribution in [0, 0.1) is 5.41 Å². The fourth-order valence-corrected chi connectivity index (χ4v) is 2.20. The van der Waals surface area contributed by atoms with Gasteiger partial charge in [-0.25, -0.2) is 0 Å². The summed E-state index contributed by atoms with van der Waals surface area (Å²) in [5.74, 6) is 1.38. The van der Waals surface area contributed by atoms with E-state index in [9.17, 15) is 0 Å². The fourth-order valence-electron chi connectivity index (χ4n) is 2.20. The average molecular weight is 292 g/mol. The molecular weight excluding hydrogens is 264 g/mol. The molecule has 4 nitrogen and oxygen atoms in total. The van der Waals surface area contributed by atoms with Crippen LogP contribution < -0.4 is 15.2 Å². The molecule has 0 aliphatic carbocycles. The van der Waals surface area contributed by atoms with Crippen molar-refractivity contribution >= 4 is 5.84 Å². The van der Waals surface area contributed by atoms with E-state index in [2.05, 4.69) is 6.92 Å². The normalized spacial score (nSPS) is 10.4. The summed E-state index contributed by atoms with van der Waals surface area (Å²) < 4.78 is 11.0. The van der Waals surface area contributed by atoms with Crippen molar-refractivity contribution in [3.63, 3.8) is 0 Å². The van der Waals surface area contributed by atoms with Crippen molar-refractivity contribution in [2.24, 2.45) is 5.73 Å². The van der Waals surface area contributed by atoms with Gasteiger partial charge in [-0.1, -0.05) is 45.4 Å². The highest BCUT2D eigenvalue weighted by molar-refractivity contribution is 5.95. The van der Waals surface area contributed by atoms with Gasteiger partial charge in [0.2, 0.25) is 0 Å². The molecule has 0 spiro atoms. The molecule has 0 aliphatic rings. The minimum absolute atomic E-state index is 0.0342. The zero-order valence-electron chi connectivity index (χ0n) is 13.3. The Morgan fingerprint density at radius 2 is 1.71 bits per heavy atom. The Morgan fingerprint density at radius 3 is 2.33 bits per heavy atom. The smallest absolute Gasteiger partial charge is 0.161 e. The molecule has 0 atom stereocenters. The maximum atomic E-state index is 7.42. The molecular formula is C17H28N2O2. The Labute approximate surface area is 128 Å². The Morgan fingerprint density at radius 1 is 1.05 bits per heavy atom. The first-order valence-electron chi connectivity index (χ1n) is 7.84. The van der Waals surface area contributed by atoms with Gasteiger partial charge in [-0.3, -0.25) is 5.41 Å². The molecule has 0 radical (unpaired) electrons. The summed E-state index contributed by atoms with van der Waals surface area (Å²) in [6.45, 7) is 2.93. The molecule has 1 aromatic carbocycles. The first kappa shape index (κ1) is 17.3. The van der Waals surface area contributed by atoms with Crippen LogP contribution in [0.2, 0.25) is 0 Å². The summed E-state index contributed by atoms with van der Waals surface area (Å²) >= 11 is 0. The number of amidine groups is 1. The van der Waals surface area contributed by atoms with Gasteiger partial charge < -0.3 is 15.2 Å². The second-order valence-corrected chi connectivity index (χ2v) is 5.25. The van der Waals surface area contributed by atoms with Crippen LogP contribution in [0.25, 0.3) is 0 Å². The second kappa shape index (κ2) is 10.1. The van der Waals surface area contributed by atoms with E-state index in [0.29, 0.717) is 23.7 Å². The van der Waals surface area contributed by atoms with Gasteiger partial charge in [0, 0.05) is 5.56 Å². The second-order valence-electron chi connectivity index (χ2n) is 5.25. The van der Waals surface area contributed by atoms with Gasteiger partial charge in [-0.2, -0.15) is 0 Å². The lowest BCUT2D eigenvalue weighted by molar-refractivity contribution is 0.284. The Bertz CT molecular complexity index is 433. The number of rotatable bonds is 11. The molecule has 0 saturated heterocycles. The Balaban J connectivity index is 2.30. The first-order valence-corrected chi connectivity index (χ1v) is 7.84. The van der Waals surface area contributed by atoms with Crippen molar-refractivity contribution in [3.05, 3.63) is 23.8 Å². The number of ether oxygens (including phenoxy) is 2. The standard InChI is InChI=1S/C17H28N2O2/c1-3-4-5-6-7-8-9-12-21-15-11-10-14(17(18)19)13-16(15)20-2/h10-11,13H,3-9,12H2,1-2H3,(H3,18,19). The van der Waals surface area contributed by atoms with Crippen molar-refractivity contribution in [1.82, 2.24) is 0 Å². The van der Waals surface area contributed by atoms with Gasteiger partial charge in [0.05, 0.1) is 13.7 Å². The third-order valence-corrected chi connectivity index (χ3v) is 3.48. The zero-order chi connectivity index (χ0) is 15.5. The first-order chi connectivity index (χ1) is 10.2. The van der Waals surface area contributed by atoms with E-state index in [4.69, 9.17) is 20.6 Å². The van der Waals surface area contributed by atoms with E-state index in [0.717, 1.165) is 6.42 Å². The number of nitrogens with two attached hydrogens (primary N) is 1. The Kier molecular flexibility index (Phi) is 8.32. The third-order valence-electron chi connectivity index (χ3n) is 3.48. The van der Waals surface area contributed by atoms with Gasteiger partial charge in [0.15, 0.2) is 11.5 Å². The molecule has 1 aromatic rings. The van der Waals surface area contributed by atoms with Gasteiger partial charge in [0.1, 0.15) is 5.84 Å². The van der Waals surface area contributed by atoms with Crippen LogP contribution in [0.3, 0.4) is 0 Å². The fraction of sp³-hybridized carbons (Fsp3) is 0.588. The third kappa shape index (κ3) is 6.52. The lowest BCUT2D eigenvalue weighted by Crippen LogP contribution is -2.11. The molecule has 4 heteroatoms. The van der Waals surface area contributed by atoms with Gasteiger partial charge in [-0.05, 0) is 24.6 Å². The molecule has 21 heavy (non-hydrogen) atoms. The number of nitrogen functional groups attached to an aromatic ring is 1. The summed E-state index contributed by atoms with van der Waals surface area (Å²) in [4.78, 5) is 0. The number of hydrogen-bond donors (Lipinski definition) is 2. The van der Waals surface area contributed by atoms with E-state index < -0.39 is 0 Å². The van der Waals surface area contributed by atoms with E-state index in [1.54, 1.807) is 19.2 Å². The van der Waals surface area contributed by atoms with Gasteiger partial charge in [-0.15, -0.1) is 0 Å². The molecule has 0 aliphatic heterocycles. The molecule has 0 fully saturated rings. The van der Waals surface area contributed by atoms with E-state index >= 15 is 0 Å². The number of nitrogens with one attached hydrogen (secondary N) is 1. The largest absolute Gasteiger partial charge is 0.493 e. The summed E-state index contributed by atoms with van der Waals surface area (Å²) in [5.41, 5.74) is 6.11. The maximum absolute atomic E-state index is 7.42. The van der Waals surface area contributed by atoms with Crippen LogP contribution in [0.4, 0.5) is 0 Å². The summed E-state index contributed by atoms with van der Waals surface area (Å²) in [6, 6.07) is 5.34. The molecule has 0 amide bonds. The minimum Gasteiger partial charge on any atom is -0.493 e. The monoisotopic (exact) mass is 292 g/mol. The SMILES string of the molecule is CCCCCCCCCOc1ccc(C(=N)N)cc1OC. The molecule has 1 rings (SSSR count). The Hall–Kier alpha value is -1.71. The highest BCUT2D eigenvalue weighted by Gasteiger charge is 2.07. The van der Waals surface area contributed by atoms with Crippen molar-refractivity contribution in [2.75, 3.05) is 13.7 Å². The number of unbranched alkanes of at least 4 members (excludes halogenated alkanes) is 6. The van der Waals surface area contributed by atoms with Gasteiger partial charge in [0.25, 0.3) is 0 Å². The number of methoxy groups -OCH3 is 1. The summed E-state index contributed by atoms with van der Waals surface area (Å²) in [6.07, 6.45) is 8.85. The van der Waals surface area contributed by atoms with Crippen molar-refractivity contribution in [1.29, 1.82) is 5.41 Å².